The molecule has 2 N–H and O–H groups in total. The van der Waals surface area contributed by atoms with Gasteiger partial charge in [0.05, 0.1) is 19.3 Å². The molecule has 1 amide bonds. The maximum Gasteiger partial charge on any atom is 0.239 e. The summed E-state index contributed by atoms with van der Waals surface area (Å²) in [6.45, 7) is 5.19. The third kappa shape index (κ3) is 5.33. The number of amides is 1. The molecule has 0 radical (unpaired) electrons. The zero-order chi connectivity index (χ0) is 15.4. The van der Waals surface area contributed by atoms with Gasteiger partial charge >= 0.3 is 0 Å². The highest BCUT2D eigenvalue weighted by atomic mass is 35.5. The van der Waals surface area contributed by atoms with E-state index in [2.05, 4.69) is 4.90 Å². The van der Waals surface area contributed by atoms with Crippen molar-refractivity contribution in [3.63, 3.8) is 0 Å². The monoisotopic (exact) mass is 375 g/mol. The van der Waals surface area contributed by atoms with E-state index in [1.165, 1.54) is 0 Å². The summed E-state index contributed by atoms with van der Waals surface area (Å²) in [5, 5.41) is 0. The van der Waals surface area contributed by atoms with Gasteiger partial charge in [0.1, 0.15) is 0 Å². The predicted octanol–water partition coefficient (Wildman–Crippen LogP) is 1.33. The van der Waals surface area contributed by atoms with Crippen molar-refractivity contribution in [2.75, 3.05) is 39.4 Å². The van der Waals surface area contributed by atoms with Crippen LogP contribution in [0.15, 0.2) is 30.3 Å². The number of hydrogen-bond acceptors (Lipinski definition) is 4. The zero-order valence-corrected chi connectivity index (χ0v) is 15.4. The lowest BCUT2D eigenvalue weighted by Crippen LogP contribution is -2.47. The van der Waals surface area contributed by atoms with E-state index in [9.17, 15) is 4.79 Å². The van der Waals surface area contributed by atoms with Gasteiger partial charge in [-0.25, -0.2) is 0 Å². The standard InChI is InChI=1S/C17H25N3O2.2ClH/c18-16(12-14-4-2-1-3-5-14)17(21)20-7-6-15(13-20)19-8-10-22-11-9-19;;/h1-5,15-16H,6-13,18H2;2*1H/t15?,16-;;/m0../s1. The van der Waals surface area contributed by atoms with Gasteiger partial charge in [0.25, 0.3) is 0 Å². The molecule has 0 saturated carbocycles. The largest absolute Gasteiger partial charge is 0.379 e. The van der Waals surface area contributed by atoms with Crippen LogP contribution in [0.5, 0.6) is 0 Å². The van der Waals surface area contributed by atoms with Crippen LogP contribution in [0.3, 0.4) is 0 Å². The summed E-state index contributed by atoms with van der Waals surface area (Å²) in [7, 11) is 0. The van der Waals surface area contributed by atoms with Crippen molar-refractivity contribution in [3.05, 3.63) is 35.9 Å². The molecule has 2 heterocycles. The van der Waals surface area contributed by atoms with Crippen molar-refractivity contribution in [3.8, 4) is 0 Å². The topological polar surface area (TPSA) is 58.8 Å². The second kappa shape index (κ2) is 10.2. The van der Waals surface area contributed by atoms with Gasteiger partial charge in [-0.1, -0.05) is 30.3 Å². The van der Waals surface area contributed by atoms with Crippen LogP contribution in [0.2, 0.25) is 0 Å². The summed E-state index contributed by atoms with van der Waals surface area (Å²) in [5.74, 6) is 0.0830. The van der Waals surface area contributed by atoms with Crippen LogP contribution in [-0.4, -0.2) is 67.2 Å². The smallest absolute Gasteiger partial charge is 0.239 e. The molecule has 2 atom stereocenters. The highest BCUT2D eigenvalue weighted by Gasteiger charge is 2.32. The Hall–Kier alpha value is -0.850. The van der Waals surface area contributed by atoms with Crippen LogP contribution in [0.4, 0.5) is 0 Å². The van der Waals surface area contributed by atoms with E-state index in [1.54, 1.807) is 0 Å². The first kappa shape index (κ1) is 21.2. The molecule has 2 aliphatic heterocycles. The van der Waals surface area contributed by atoms with Gasteiger partial charge in [0.15, 0.2) is 0 Å². The molecular formula is C17H27Cl2N3O2. The van der Waals surface area contributed by atoms with Crippen molar-refractivity contribution in [1.29, 1.82) is 0 Å². The molecule has 7 heteroatoms. The molecule has 0 aromatic heterocycles. The Kier molecular flexibility index (Phi) is 9.02. The predicted molar refractivity (Wildman–Crippen MR) is 100.0 cm³/mol. The van der Waals surface area contributed by atoms with Crippen molar-refractivity contribution in [1.82, 2.24) is 9.80 Å². The number of benzene rings is 1. The molecule has 0 spiro atoms. The second-order valence-corrected chi connectivity index (χ2v) is 6.17. The number of carbonyl (C=O) groups is 1. The zero-order valence-electron chi connectivity index (χ0n) is 13.8. The van der Waals surface area contributed by atoms with Crippen LogP contribution in [0, 0.1) is 0 Å². The number of ether oxygens (including phenoxy) is 1. The molecule has 24 heavy (non-hydrogen) atoms. The van der Waals surface area contributed by atoms with Gasteiger partial charge in [-0.15, -0.1) is 24.8 Å². The Morgan fingerprint density at radius 3 is 2.50 bits per heavy atom. The maximum absolute atomic E-state index is 12.5. The lowest BCUT2D eigenvalue weighted by Gasteiger charge is -2.32. The molecule has 2 fully saturated rings. The fourth-order valence-corrected chi connectivity index (χ4v) is 3.37. The van der Waals surface area contributed by atoms with Gasteiger partial charge in [-0.3, -0.25) is 9.69 Å². The van der Waals surface area contributed by atoms with Crippen molar-refractivity contribution < 1.29 is 9.53 Å². The Balaban J connectivity index is 0.00000144. The molecule has 2 aliphatic rings. The number of carbonyl (C=O) groups excluding carboxylic acids is 1. The van der Waals surface area contributed by atoms with E-state index >= 15 is 0 Å². The quantitative estimate of drug-likeness (QED) is 0.862. The molecule has 2 saturated heterocycles. The van der Waals surface area contributed by atoms with E-state index in [4.69, 9.17) is 10.5 Å². The third-order valence-corrected chi connectivity index (χ3v) is 4.65. The fraction of sp³-hybridized carbons (Fsp3) is 0.588. The Labute approximate surface area is 156 Å². The van der Waals surface area contributed by atoms with Crippen LogP contribution in [-0.2, 0) is 16.0 Å². The first-order valence-corrected chi connectivity index (χ1v) is 8.14. The number of likely N-dealkylation sites (tertiary alicyclic amines) is 1. The average molecular weight is 376 g/mol. The van der Waals surface area contributed by atoms with Gasteiger partial charge in [0.2, 0.25) is 5.91 Å². The van der Waals surface area contributed by atoms with Gasteiger partial charge < -0.3 is 15.4 Å². The van der Waals surface area contributed by atoms with Crippen molar-refractivity contribution in [2.24, 2.45) is 5.73 Å². The van der Waals surface area contributed by atoms with Crippen LogP contribution in [0.1, 0.15) is 12.0 Å². The fourth-order valence-electron chi connectivity index (χ4n) is 3.37. The molecule has 0 aliphatic carbocycles. The number of rotatable bonds is 4. The highest BCUT2D eigenvalue weighted by Crippen LogP contribution is 2.18. The highest BCUT2D eigenvalue weighted by molar-refractivity contribution is 5.85. The first-order valence-electron chi connectivity index (χ1n) is 8.14. The van der Waals surface area contributed by atoms with E-state index < -0.39 is 6.04 Å². The van der Waals surface area contributed by atoms with Gasteiger partial charge in [-0.2, -0.15) is 0 Å². The Morgan fingerprint density at radius 1 is 1.17 bits per heavy atom. The van der Waals surface area contributed by atoms with Crippen LogP contribution >= 0.6 is 24.8 Å². The van der Waals surface area contributed by atoms with Gasteiger partial charge in [0, 0.05) is 32.2 Å². The molecule has 1 aromatic rings. The lowest BCUT2D eigenvalue weighted by molar-refractivity contribution is -0.131. The minimum absolute atomic E-state index is 0. The SMILES string of the molecule is Cl.Cl.N[C@@H](Cc1ccccc1)C(=O)N1CCC(N2CCOCC2)C1. The maximum atomic E-state index is 12.5. The number of nitrogens with zero attached hydrogens (tertiary/aromatic N) is 2. The summed E-state index contributed by atoms with van der Waals surface area (Å²) in [5.41, 5.74) is 7.25. The summed E-state index contributed by atoms with van der Waals surface area (Å²) in [6, 6.07) is 10.0. The second-order valence-electron chi connectivity index (χ2n) is 6.17. The van der Waals surface area contributed by atoms with Crippen molar-refractivity contribution >= 4 is 30.7 Å². The van der Waals surface area contributed by atoms with E-state index in [0.29, 0.717) is 12.5 Å². The van der Waals surface area contributed by atoms with Crippen LogP contribution in [0.25, 0.3) is 0 Å². The number of morpholine rings is 1. The third-order valence-electron chi connectivity index (χ3n) is 4.65. The van der Waals surface area contributed by atoms with E-state index in [1.807, 2.05) is 35.2 Å². The summed E-state index contributed by atoms with van der Waals surface area (Å²) >= 11 is 0. The summed E-state index contributed by atoms with van der Waals surface area (Å²) in [4.78, 5) is 16.9. The molecule has 1 unspecified atom stereocenters. The number of hydrogen-bond donors (Lipinski definition) is 1. The Bertz CT molecular complexity index is 498. The first-order chi connectivity index (χ1) is 10.7. The average Bonchev–Trinajstić information content (AvgIpc) is 3.06. The lowest BCUT2D eigenvalue weighted by atomic mass is 10.1. The molecule has 3 rings (SSSR count). The van der Waals surface area contributed by atoms with Crippen LogP contribution < -0.4 is 5.73 Å². The summed E-state index contributed by atoms with van der Waals surface area (Å²) in [6.07, 6.45) is 1.65. The Morgan fingerprint density at radius 2 is 1.83 bits per heavy atom. The molecular weight excluding hydrogens is 349 g/mol. The number of halogens is 2. The molecule has 0 bridgehead atoms. The summed E-state index contributed by atoms with van der Waals surface area (Å²) < 4.78 is 5.40. The minimum atomic E-state index is -0.439. The molecule has 5 nitrogen and oxygen atoms in total. The number of nitrogens with two attached hydrogens (primary N) is 1. The van der Waals surface area contributed by atoms with Crippen molar-refractivity contribution in [2.45, 2.75) is 24.9 Å². The molecule has 136 valence electrons. The minimum Gasteiger partial charge on any atom is -0.379 e. The van der Waals surface area contributed by atoms with Gasteiger partial charge in [-0.05, 0) is 18.4 Å². The normalized spacial score (nSPS) is 22.4. The van der Waals surface area contributed by atoms with E-state index in [0.717, 1.165) is 51.4 Å². The van der Waals surface area contributed by atoms with E-state index in [-0.39, 0.29) is 30.7 Å². The molecule has 1 aromatic carbocycles.